The summed E-state index contributed by atoms with van der Waals surface area (Å²) >= 11 is 0. The molecule has 28 heavy (non-hydrogen) atoms. The van der Waals surface area contributed by atoms with Crippen LogP contribution >= 0.6 is 0 Å². The molecule has 146 valence electrons. The van der Waals surface area contributed by atoms with Crippen molar-refractivity contribution in [2.24, 2.45) is 0 Å². The molecule has 0 bridgehead atoms. The molecule has 2 aliphatic heterocycles. The Labute approximate surface area is 162 Å². The van der Waals surface area contributed by atoms with E-state index in [1.54, 1.807) is 17.0 Å². The lowest BCUT2D eigenvalue weighted by molar-refractivity contribution is -0.132. The maximum absolute atomic E-state index is 12.6. The lowest BCUT2D eigenvalue weighted by atomic mass is 10.1. The number of aromatic hydroxyl groups is 1. The van der Waals surface area contributed by atoms with Gasteiger partial charge >= 0.3 is 0 Å². The van der Waals surface area contributed by atoms with Gasteiger partial charge in [-0.1, -0.05) is 6.07 Å². The van der Waals surface area contributed by atoms with E-state index in [1.807, 2.05) is 4.90 Å². The number of phenolic OH excluding ortho intramolecular Hbond substituents is 1. The number of carbonyl (C=O) groups is 2. The van der Waals surface area contributed by atoms with Crippen LogP contribution in [0.25, 0.3) is 11.0 Å². The fourth-order valence-electron chi connectivity index (χ4n) is 4.08. The van der Waals surface area contributed by atoms with Gasteiger partial charge in [0.05, 0.1) is 23.6 Å². The molecule has 8 heteroatoms. The summed E-state index contributed by atoms with van der Waals surface area (Å²) in [5.41, 5.74) is 0.762. The van der Waals surface area contributed by atoms with Gasteiger partial charge in [0.15, 0.2) is 0 Å². The molecule has 4 rings (SSSR count). The van der Waals surface area contributed by atoms with Gasteiger partial charge in [0, 0.05) is 25.7 Å². The number of nitrogens with one attached hydrogen (secondary N) is 1. The zero-order chi connectivity index (χ0) is 19.7. The first-order valence-electron chi connectivity index (χ1n) is 9.48. The zero-order valence-corrected chi connectivity index (χ0v) is 15.4. The summed E-state index contributed by atoms with van der Waals surface area (Å²) in [6, 6.07) is 6.67. The van der Waals surface area contributed by atoms with E-state index in [9.17, 15) is 14.7 Å². The summed E-state index contributed by atoms with van der Waals surface area (Å²) in [5, 5.41) is 22.5. The Balaban J connectivity index is 1.35. The molecule has 8 nitrogen and oxygen atoms in total. The van der Waals surface area contributed by atoms with Crippen molar-refractivity contribution in [2.75, 3.05) is 26.2 Å². The minimum absolute atomic E-state index is 0.00713. The van der Waals surface area contributed by atoms with Crippen molar-refractivity contribution in [1.29, 1.82) is 5.26 Å². The summed E-state index contributed by atoms with van der Waals surface area (Å²) in [6.45, 7) is 2.19. The highest BCUT2D eigenvalue weighted by Gasteiger charge is 2.32. The van der Waals surface area contributed by atoms with E-state index in [4.69, 9.17) is 9.68 Å². The summed E-state index contributed by atoms with van der Waals surface area (Å²) < 4.78 is 5.36. The number of amides is 2. The smallest absolute Gasteiger partial charge is 0.255 e. The van der Waals surface area contributed by atoms with Gasteiger partial charge in [-0.3, -0.25) is 14.5 Å². The fourth-order valence-corrected chi connectivity index (χ4v) is 4.08. The van der Waals surface area contributed by atoms with Crippen LogP contribution in [0.1, 0.15) is 29.6 Å². The minimum atomic E-state index is -0.312. The van der Waals surface area contributed by atoms with Crippen LogP contribution in [0.2, 0.25) is 0 Å². The number of likely N-dealkylation sites (tertiary alicyclic amines) is 2. The molecule has 2 saturated heterocycles. The largest absolute Gasteiger partial charge is 0.507 e. The third-order valence-electron chi connectivity index (χ3n) is 5.51. The number of phenols is 1. The number of hydrogen-bond acceptors (Lipinski definition) is 6. The second-order valence-electron chi connectivity index (χ2n) is 7.37. The topological polar surface area (TPSA) is 110 Å². The molecule has 2 fully saturated rings. The first-order valence-corrected chi connectivity index (χ1v) is 9.48. The number of benzene rings is 1. The lowest BCUT2D eigenvalue weighted by Gasteiger charge is -2.23. The Morgan fingerprint density at radius 2 is 2.18 bits per heavy atom. The highest BCUT2D eigenvalue weighted by molar-refractivity contribution is 6.08. The molecule has 2 aromatic rings. The Kier molecular flexibility index (Phi) is 4.92. The number of fused-ring (bicyclic) bond motifs is 1. The van der Waals surface area contributed by atoms with Gasteiger partial charge in [-0.2, -0.15) is 5.26 Å². The van der Waals surface area contributed by atoms with Crippen LogP contribution < -0.4 is 5.32 Å². The summed E-state index contributed by atoms with van der Waals surface area (Å²) in [6.07, 6.45) is 3.70. The van der Waals surface area contributed by atoms with Gasteiger partial charge in [-0.15, -0.1) is 0 Å². The van der Waals surface area contributed by atoms with E-state index in [2.05, 4.69) is 11.4 Å². The van der Waals surface area contributed by atoms with Crippen LogP contribution in [-0.4, -0.2) is 65.0 Å². The van der Waals surface area contributed by atoms with E-state index in [-0.39, 0.29) is 36.2 Å². The first-order chi connectivity index (χ1) is 13.6. The van der Waals surface area contributed by atoms with E-state index in [1.165, 1.54) is 12.3 Å². The highest BCUT2D eigenvalue weighted by atomic mass is 16.3. The van der Waals surface area contributed by atoms with Crippen molar-refractivity contribution >= 4 is 22.8 Å². The third-order valence-corrected chi connectivity index (χ3v) is 5.51. The predicted molar refractivity (Wildman–Crippen MR) is 101 cm³/mol. The van der Waals surface area contributed by atoms with Crippen LogP contribution in [0, 0.1) is 11.3 Å². The molecule has 1 aromatic carbocycles. The van der Waals surface area contributed by atoms with Crippen LogP contribution in [0.3, 0.4) is 0 Å². The molecule has 2 unspecified atom stereocenters. The van der Waals surface area contributed by atoms with E-state index >= 15 is 0 Å². The van der Waals surface area contributed by atoms with E-state index < -0.39 is 0 Å². The first kappa shape index (κ1) is 18.3. The highest BCUT2D eigenvalue weighted by Crippen LogP contribution is 2.29. The lowest BCUT2D eigenvalue weighted by Crippen LogP contribution is -2.43. The second kappa shape index (κ2) is 7.52. The van der Waals surface area contributed by atoms with Crippen molar-refractivity contribution in [2.45, 2.75) is 31.3 Å². The number of nitriles is 1. The van der Waals surface area contributed by atoms with Gasteiger partial charge in [0.2, 0.25) is 5.91 Å². The molecule has 0 aliphatic carbocycles. The molecule has 2 atom stereocenters. The van der Waals surface area contributed by atoms with Gasteiger partial charge in [-0.05, 0) is 31.4 Å². The summed E-state index contributed by atoms with van der Waals surface area (Å²) in [7, 11) is 0. The van der Waals surface area contributed by atoms with Crippen molar-refractivity contribution in [3.63, 3.8) is 0 Å². The van der Waals surface area contributed by atoms with E-state index in [0.717, 1.165) is 19.3 Å². The standard InChI is InChI=1S/C20H22N4O4/c21-9-14-3-2-7-24(14)18(26)11-23-8-6-13(10-23)22-20(27)15-12-28-17-5-1-4-16(25)19(15)17/h1,4-5,12-14,25H,2-3,6-8,10-11H2,(H,22,27). The second-order valence-corrected chi connectivity index (χ2v) is 7.37. The van der Waals surface area contributed by atoms with Gasteiger partial charge in [0.1, 0.15) is 23.6 Å². The van der Waals surface area contributed by atoms with Crippen LogP contribution in [0.4, 0.5) is 0 Å². The molecular weight excluding hydrogens is 360 g/mol. The van der Waals surface area contributed by atoms with Crippen LogP contribution in [-0.2, 0) is 4.79 Å². The Morgan fingerprint density at radius 1 is 1.32 bits per heavy atom. The van der Waals surface area contributed by atoms with Crippen LogP contribution in [0.5, 0.6) is 5.75 Å². The number of carbonyl (C=O) groups excluding carboxylic acids is 2. The number of nitrogens with zero attached hydrogens (tertiary/aromatic N) is 3. The number of furan rings is 1. The van der Waals surface area contributed by atoms with Crippen molar-refractivity contribution in [3.8, 4) is 11.8 Å². The molecule has 2 aliphatic rings. The molecule has 0 saturated carbocycles. The SMILES string of the molecule is N#CC1CCCN1C(=O)CN1CCC(NC(=O)c2coc3cccc(O)c23)C1. The van der Waals surface area contributed by atoms with Crippen molar-refractivity contribution in [1.82, 2.24) is 15.1 Å². The summed E-state index contributed by atoms with van der Waals surface area (Å²) in [4.78, 5) is 28.8. The molecule has 3 heterocycles. The van der Waals surface area contributed by atoms with Gasteiger partial charge < -0.3 is 19.7 Å². The average molecular weight is 382 g/mol. The average Bonchev–Trinajstić information content (AvgIpc) is 3.41. The number of hydrogen-bond donors (Lipinski definition) is 2. The van der Waals surface area contributed by atoms with Gasteiger partial charge in [-0.25, -0.2) is 0 Å². The molecular formula is C20H22N4O4. The Morgan fingerprint density at radius 3 is 3.00 bits per heavy atom. The Hall–Kier alpha value is -3.05. The minimum Gasteiger partial charge on any atom is -0.507 e. The predicted octanol–water partition coefficient (Wildman–Crippen LogP) is 1.46. The number of rotatable bonds is 4. The molecule has 0 radical (unpaired) electrons. The maximum atomic E-state index is 12.6. The maximum Gasteiger partial charge on any atom is 0.255 e. The Bertz CT molecular complexity index is 947. The van der Waals surface area contributed by atoms with E-state index in [0.29, 0.717) is 36.2 Å². The zero-order valence-electron chi connectivity index (χ0n) is 15.4. The fraction of sp³-hybridized carbons (Fsp3) is 0.450. The van der Waals surface area contributed by atoms with Crippen molar-refractivity contribution in [3.05, 3.63) is 30.0 Å². The molecule has 1 aromatic heterocycles. The summed E-state index contributed by atoms with van der Waals surface area (Å²) in [5.74, 6) is -0.322. The molecule has 2 amide bonds. The molecule has 0 spiro atoms. The normalized spacial score (nSPS) is 22.5. The van der Waals surface area contributed by atoms with Crippen molar-refractivity contribution < 1.29 is 19.1 Å². The monoisotopic (exact) mass is 382 g/mol. The van der Waals surface area contributed by atoms with Gasteiger partial charge in [0.25, 0.3) is 5.91 Å². The quantitative estimate of drug-likeness (QED) is 0.828. The third kappa shape index (κ3) is 3.41. The molecule has 2 N–H and O–H groups in total. The van der Waals surface area contributed by atoms with Crippen LogP contribution in [0.15, 0.2) is 28.9 Å².